The van der Waals surface area contributed by atoms with E-state index in [-0.39, 0.29) is 5.56 Å². The number of hydrogen-bond acceptors (Lipinski definition) is 2. The molecule has 0 saturated heterocycles. The molecular weight excluding hydrogens is 154 g/mol. The number of nitrogens with one attached hydrogen (secondary N) is 3. The summed E-state index contributed by atoms with van der Waals surface area (Å²) in [6.45, 7) is 0. The molecule has 0 radical (unpaired) electrons. The molecule has 0 aliphatic heterocycles. The van der Waals surface area contributed by atoms with Gasteiger partial charge < -0.3 is 15.3 Å². The van der Waals surface area contributed by atoms with Gasteiger partial charge in [-0.2, -0.15) is 0 Å². The van der Waals surface area contributed by atoms with Crippen molar-refractivity contribution in [3.63, 3.8) is 0 Å². The van der Waals surface area contributed by atoms with Crippen LogP contribution in [0.15, 0.2) is 23.3 Å². The van der Waals surface area contributed by atoms with Crippen molar-refractivity contribution in [1.82, 2.24) is 9.97 Å². The highest BCUT2D eigenvalue weighted by Gasteiger charge is 2.03. The van der Waals surface area contributed by atoms with E-state index in [0.29, 0.717) is 5.39 Å². The zero-order valence-corrected chi connectivity index (χ0v) is 6.64. The Morgan fingerprint density at radius 2 is 2.25 bits per heavy atom. The zero-order valence-electron chi connectivity index (χ0n) is 6.64. The van der Waals surface area contributed by atoms with Crippen molar-refractivity contribution in [2.24, 2.45) is 0 Å². The molecule has 4 heteroatoms. The van der Waals surface area contributed by atoms with E-state index in [1.54, 1.807) is 19.4 Å². The maximum Gasteiger partial charge on any atom is 0.259 e. The van der Waals surface area contributed by atoms with Crippen molar-refractivity contribution < 1.29 is 0 Å². The molecular formula is C8H9N3O. The Morgan fingerprint density at radius 1 is 1.42 bits per heavy atom. The molecule has 0 saturated carbocycles. The van der Waals surface area contributed by atoms with Crippen LogP contribution in [0.4, 0.5) is 5.69 Å². The number of hydrogen-bond donors (Lipinski definition) is 3. The van der Waals surface area contributed by atoms with Gasteiger partial charge >= 0.3 is 0 Å². The molecule has 3 N–H and O–H groups in total. The minimum absolute atomic E-state index is 0.0712. The first kappa shape index (κ1) is 6.97. The Kier molecular flexibility index (Phi) is 1.40. The smallest absolute Gasteiger partial charge is 0.259 e. The van der Waals surface area contributed by atoms with E-state index in [0.717, 1.165) is 11.2 Å². The Morgan fingerprint density at radius 3 is 3.00 bits per heavy atom. The second-order valence-electron chi connectivity index (χ2n) is 2.55. The van der Waals surface area contributed by atoms with Crippen molar-refractivity contribution in [2.75, 3.05) is 12.4 Å². The number of aromatic amines is 2. The van der Waals surface area contributed by atoms with Crippen LogP contribution in [0.2, 0.25) is 0 Å². The van der Waals surface area contributed by atoms with Gasteiger partial charge in [-0.25, -0.2) is 0 Å². The van der Waals surface area contributed by atoms with Crippen molar-refractivity contribution in [1.29, 1.82) is 0 Å². The molecule has 2 heterocycles. The number of H-pyrrole nitrogens is 2. The summed E-state index contributed by atoms with van der Waals surface area (Å²) in [6.07, 6.45) is 3.40. The standard InChI is InChI=1S/C8H9N3O/c1-9-6-4-11-5-2-3-10-8(12)7(5)6/h2-4,9,11H,1H3,(H,10,12). The summed E-state index contributed by atoms with van der Waals surface area (Å²) in [7, 11) is 1.79. The predicted molar refractivity (Wildman–Crippen MR) is 48.5 cm³/mol. The second-order valence-corrected chi connectivity index (χ2v) is 2.55. The van der Waals surface area contributed by atoms with Gasteiger partial charge in [0.2, 0.25) is 0 Å². The van der Waals surface area contributed by atoms with Crippen molar-refractivity contribution in [2.45, 2.75) is 0 Å². The van der Waals surface area contributed by atoms with Crippen LogP contribution in [0.25, 0.3) is 10.9 Å². The lowest BCUT2D eigenvalue weighted by molar-refractivity contribution is 1.27. The van der Waals surface area contributed by atoms with E-state index < -0.39 is 0 Å². The van der Waals surface area contributed by atoms with Crippen LogP contribution in [-0.2, 0) is 0 Å². The topological polar surface area (TPSA) is 60.7 Å². The van der Waals surface area contributed by atoms with Gasteiger partial charge in [-0.15, -0.1) is 0 Å². The SMILES string of the molecule is CNc1c[nH]c2cc[nH]c(=O)c12. The Balaban J connectivity index is 2.92. The molecule has 2 aromatic heterocycles. The molecule has 0 spiro atoms. The maximum absolute atomic E-state index is 11.3. The van der Waals surface area contributed by atoms with E-state index in [4.69, 9.17) is 0 Å². The highest BCUT2D eigenvalue weighted by Crippen LogP contribution is 2.16. The van der Waals surface area contributed by atoms with Gasteiger partial charge in [-0.3, -0.25) is 4.79 Å². The fraction of sp³-hybridized carbons (Fsp3) is 0.125. The van der Waals surface area contributed by atoms with Crippen LogP contribution < -0.4 is 10.9 Å². The highest BCUT2D eigenvalue weighted by molar-refractivity contribution is 5.91. The second kappa shape index (κ2) is 2.41. The van der Waals surface area contributed by atoms with Crippen LogP contribution >= 0.6 is 0 Å². The molecule has 62 valence electrons. The summed E-state index contributed by atoms with van der Waals surface area (Å²) >= 11 is 0. The molecule has 0 amide bonds. The first-order valence-electron chi connectivity index (χ1n) is 3.69. The summed E-state index contributed by atoms with van der Waals surface area (Å²) in [5, 5.41) is 3.62. The van der Waals surface area contributed by atoms with Crippen molar-refractivity contribution in [3.8, 4) is 0 Å². The van der Waals surface area contributed by atoms with E-state index >= 15 is 0 Å². The van der Waals surface area contributed by atoms with Gasteiger partial charge in [0.1, 0.15) is 0 Å². The third-order valence-electron chi connectivity index (χ3n) is 1.87. The molecule has 0 bridgehead atoms. The normalized spacial score (nSPS) is 10.4. The van der Waals surface area contributed by atoms with Crippen LogP contribution in [-0.4, -0.2) is 17.0 Å². The van der Waals surface area contributed by atoms with E-state index in [2.05, 4.69) is 15.3 Å². The van der Waals surface area contributed by atoms with Gasteiger partial charge in [-0.1, -0.05) is 0 Å². The Labute approximate surface area is 68.6 Å². The Bertz CT molecular complexity index is 455. The lowest BCUT2D eigenvalue weighted by atomic mass is 10.3. The molecule has 0 fully saturated rings. The van der Waals surface area contributed by atoms with Gasteiger partial charge in [0.05, 0.1) is 16.6 Å². The summed E-state index contributed by atoms with van der Waals surface area (Å²) in [5.41, 5.74) is 1.60. The van der Waals surface area contributed by atoms with Crippen LogP contribution in [0.1, 0.15) is 0 Å². The van der Waals surface area contributed by atoms with Crippen LogP contribution in [0, 0.1) is 0 Å². The monoisotopic (exact) mass is 163 g/mol. The van der Waals surface area contributed by atoms with Gasteiger partial charge in [0, 0.05) is 19.4 Å². The minimum atomic E-state index is -0.0712. The highest BCUT2D eigenvalue weighted by atomic mass is 16.1. The van der Waals surface area contributed by atoms with Gasteiger partial charge in [0.15, 0.2) is 0 Å². The first-order chi connectivity index (χ1) is 5.83. The minimum Gasteiger partial charge on any atom is -0.386 e. The number of fused-ring (bicyclic) bond motifs is 1. The molecule has 0 atom stereocenters. The molecule has 0 unspecified atom stereocenters. The molecule has 12 heavy (non-hydrogen) atoms. The molecule has 0 aromatic carbocycles. The third-order valence-corrected chi connectivity index (χ3v) is 1.87. The van der Waals surface area contributed by atoms with E-state index in [9.17, 15) is 4.79 Å². The molecule has 2 aromatic rings. The number of rotatable bonds is 1. The fourth-order valence-electron chi connectivity index (χ4n) is 1.29. The van der Waals surface area contributed by atoms with Crippen LogP contribution in [0.3, 0.4) is 0 Å². The molecule has 0 aliphatic carbocycles. The van der Waals surface area contributed by atoms with Gasteiger partial charge in [0.25, 0.3) is 5.56 Å². The quantitative estimate of drug-likeness (QED) is 0.584. The van der Waals surface area contributed by atoms with Crippen molar-refractivity contribution in [3.05, 3.63) is 28.8 Å². The number of anilines is 1. The largest absolute Gasteiger partial charge is 0.386 e. The average molecular weight is 163 g/mol. The fourth-order valence-corrected chi connectivity index (χ4v) is 1.29. The van der Waals surface area contributed by atoms with E-state index in [1.807, 2.05) is 6.07 Å². The Hall–Kier alpha value is -1.71. The molecule has 4 nitrogen and oxygen atoms in total. The lowest BCUT2D eigenvalue weighted by Crippen LogP contribution is -2.04. The predicted octanol–water partition coefficient (Wildman–Crippen LogP) is 0.898. The zero-order chi connectivity index (χ0) is 8.55. The summed E-state index contributed by atoms with van der Waals surface area (Å²) in [5.74, 6) is 0. The summed E-state index contributed by atoms with van der Waals surface area (Å²) < 4.78 is 0. The number of pyridine rings is 1. The van der Waals surface area contributed by atoms with Gasteiger partial charge in [-0.05, 0) is 6.07 Å². The first-order valence-corrected chi connectivity index (χ1v) is 3.69. The number of aromatic nitrogens is 2. The third kappa shape index (κ3) is 0.812. The maximum atomic E-state index is 11.3. The van der Waals surface area contributed by atoms with Crippen LogP contribution in [0.5, 0.6) is 0 Å². The summed E-state index contributed by atoms with van der Waals surface area (Å²) in [6, 6.07) is 1.83. The summed E-state index contributed by atoms with van der Waals surface area (Å²) in [4.78, 5) is 16.9. The average Bonchev–Trinajstić information content (AvgIpc) is 2.49. The molecule has 0 aliphatic rings. The van der Waals surface area contributed by atoms with E-state index in [1.165, 1.54) is 0 Å². The molecule has 2 rings (SSSR count). The lowest BCUT2D eigenvalue weighted by Gasteiger charge is -1.93. The van der Waals surface area contributed by atoms with Crippen molar-refractivity contribution >= 4 is 16.6 Å².